The molecule has 0 fully saturated rings. The summed E-state index contributed by atoms with van der Waals surface area (Å²) in [5.74, 6) is -5.31. The zero-order valence-electron chi connectivity index (χ0n) is 21.7. The lowest BCUT2D eigenvalue weighted by Crippen LogP contribution is -2.40. The average molecular weight is 602 g/mol. The van der Waals surface area contributed by atoms with Gasteiger partial charge in [-0.3, -0.25) is 9.35 Å². The molecule has 3 rings (SSSR count). The van der Waals surface area contributed by atoms with Crippen molar-refractivity contribution in [2.24, 2.45) is 0 Å². The summed E-state index contributed by atoms with van der Waals surface area (Å²) in [6.07, 6.45) is 3.20. The normalized spacial score (nSPS) is 12.4. The lowest BCUT2D eigenvalue weighted by atomic mass is 10.0. The van der Waals surface area contributed by atoms with E-state index in [1.54, 1.807) is 0 Å². The number of carbonyl (C=O) groups excluding carboxylic acids is 2. The van der Waals surface area contributed by atoms with E-state index >= 15 is 0 Å². The number of benzene rings is 3. The molecule has 0 radical (unpaired) electrons. The van der Waals surface area contributed by atoms with E-state index in [9.17, 15) is 48.6 Å². The highest BCUT2D eigenvalue weighted by molar-refractivity contribution is 7.85. The molecule has 13 nitrogen and oxygen atoms in total. The minimum Gasteiger partial charge on any atom is -0.504 e. The number of hydrogen-bond donors (Lipinski definition) is 8. The van der Waals surface area contributed by atoms with Gasteiger partial charge in [0.15, 0.2) is 40.6 Å². The SMILES string of the molecule is O=C(/C=C/c1ccc(O)c(O)c1/C=C/c1ccc(O)c(O)c1)O[C@H](Cc1ccc(O)c(O)c1)C(=O)NCCS(=O)(=O)O. The molecule has 1 amide bonds. The lowest BCUT2D eigenvalue weighted by Gasteiger charge is -2.17. The third kappa shape index (κ3) is 8.90. The number of phenolic OH excluding ortho intramolecular Hbond substituents is 6. The first kappa shape index (κ1) is 31.3. The van der Waals surface area contributed by atoms with Crippen molar-refractivity contribution in [3.05, 3.63) is 76.9 Å². The number of rotatable bonds is 11. The molecule has 0 unspecified atom stereocenters. The van der Waals surface area contributed by atoms with Gasteiger partial charge in [-0.25, -0.2) is 4.79 Å². The summed E-state index contributed by atoms with van der Waals surface area (Å²) in [4.78, 5) is 25.4. The summed E-state index contributed by atoms with van der Waals surface area (Å²) in [6, 6.07) is 10.2. The fourth-order valence-corrected chi connectivity index (χ4v) is 3.97. The number of nitrogens with one attached hydrogen (secondary N) is 1. The van der Waals surface area contributed by atoms with Gasteiger partial charge < -0.3 is 40.7 Å². The van der Waals surface area contributed by atoms with Crippen molar-refractivity contribution in [1.82, 2.24) is 5.32 Å². The van der Waals surface area contributed by atoms with Crippen molar-refractivity contribution in [3.63, 3.8) is 0 Å². The predicted octanol–water partition coefficient (Wildman–Crippen LogP) is 2.26. The molecular weight excluding hydrogens is 574 g/mol. The molecule has 0 spiro atoms. The molecule has 0 aliphatic rings. The highest BCUT2D eigenvalue weighted by Gasteiger charge is 2.24. The van der Waals surface area contributed by atoms with Crippen LogP contribution in [0.15, 0.2) is 54.6 Å². The Balaban J connectivity index is 1.82. The van der Waals surface area contributed by atoms with Crippen molar-refractivity contribution in [2.75, 3.05) is 12.3 Å². The Hall–Kier alpha value is -5.21. The van der Waals surface area contributed by atoms with E-state index in [0.717, 1.165) is 18.2 Å². The minimum atomic E-state index is -4.38. The van der Waals surface area contributed by atoms with E-state index in [0.29, 0.717) is 5.56 Å². The van der Waals surface area contributed by atoms with Crippen LogP contribution in [0.1, 0.15) is 22.3 Å². The first-order valence-electron chi connectivity index (χ1n) is 12.1. The maximum absolute atomic E-state index is 12.7. The summed E-state index contributed by atoms with van der Waals surface area (Å²) >= 11 is 0. The van der Waals surface area contributed by atoms with Crippen LogP contribution in [0.2, 0.25) is 0 Å². The average Bonchev–Trinajstić information content (AvgIpc) is 2.91. The van der Waals surface area contributed by atoms with Crippen molar-refractivity contribution in [1.29, 1.82) is 0 Å². The van der Waals surface area contributed by atoms with Gasteiger partial charge in [-0.2, -0.15) is 8.42 Å². The van der Waals surface area contributed by atoms with Crippen LogP contribution < -0.4 is 5.32 Å². The van der Waals surface area contributed by atoms with E-state index < -0.39 is 63.4 Å². The first-order chi connectivity index (χ1) is 19.7. The van der Waals surface area contributed by atoms with Gasteiger partial charge in [0.05, 0.1) is 5.75 Å². The van der Waals surface area contributed by atoms with Crippen molar-refractivity contribution in [3.8, 4) is 34.5 Å². The molecule has 0 aliphatic heterocycles. The third-order valence-electron chi connectivity index (χ3n) is 5.74. The second kappa shape index (κ2) is 13.4. The number of carbonyl (C=O) groups is 2. The molecule has 0 aliphatic carbocycles. The molecular formula is C28H27NO12S. The van der Waals surface area contributed by atoms with Crippen LogP contribution in [0.4, 0.5) is 0 Å². The van der Waals surface area contributed by atoms with E-state index in [1.807, 2.05) is 0 Å². The van der Waals surface area contributed by atoms with Crippen LogP contribution in [0.3, 0.4) is 0 Å². The topological polar surface area (TPSA) is 231 Å². The Morgan fingerprint density at radius 1 is 0.810 bits per heavy atom. The van der Waals surface area contributed by atoms with Gasteiger partial charge in [0.1, 0.15) is 0 Å². The maximum atomic E-state index is 12.7. The predicted molar refractivity (Wildman–Crippen MR) is 150 cm³/mol. The molecule has 0 heterocycles. The van der Waals surface area contributed by atoms with E-state index in [4.69, 9.17) is 9.29 Å². The number of hydrogen-bond acceptors (Lipinski definition) is 11. The molecule has 14 heteroatoms. The first-order valence-corrected chi connectivity index (χ1v) is 13.7. The smallest absolute Gasteiger partial charge is 0.331 e. The Kier molecular flexibility index (Phi) is 10.0. The molecule has 0 bridgehead atoms. The minimum absolute atomic E-state index is 0.0747. The summed E-state index contributed by atoms with van der Waals surface area (Å²) in [5.41, 5.74) is 1.03. The van der Waals surface area contributed by atoms with E-state index in [2.05, 4.69) is 5.32 Å². The summed E-state index contributed by atoms with van der Waals surface area (Å²) in [5, 5.41) is 61.0. The van der Waals surface area contributed by atoms with Crippen LogP contribution in [0, 0.1) is 0 Å². The summed E-state index contributed by atoms with van der Waals surface area (Å²) < 4.78 is 36.1. The second-order valence-corrected chi connectivity index (χ2v) is 10.5. The molecule has 222 valence electrons. The quantitative estimate of drug-likeness (QED) is 0.0520. The second-order valence-electron chi connectivity index (χ2n) is 8.88. The number of aromatic hydroxyl groups is 6. The zero-order valence-corrected chi connectivity index (χ0v) is 22.5. The van der Waals surface area contributed by atoms with Gasteiger partial charge in [0, 0.05) is 24.6 Å². The number of esters is 1. The van der Waals surface area contributed by atoms with Gasteiger partial charge in [-0.05, 0) is 59.2 Å². The molecule has 8 N–H and O–H groups in total. The van der Waals surface area contributed by atoms with Gasteiger partial charge in [0.2, 0.25) is 0 Å². The molecule has 42 heavy (non-hydrogen) atoms. The highest BCUT2D eigenvalue weighted by atomic mass is 32.2. The monoisotopic (exact) mass is 601 g/mol. The third-order valence-corrected chi connectivity index (χ3v) is 6.46. The maximum Gasteiger partial charge on any atom is 0.331 e. The Labute approximate surface area is 239 Å². The summed E-state index contributed by atoms with van der Waals surface area (Å²) in [6.45, 7) is -0.482. The lowest BCUT2D eigenvalue weighted by molar-refractivity contribution is -0.151. The number of amides is 1. The molecule has 1 atom stereocenters. The zero-order chi connectivity index (χ0) is 31.0. The van der Waals surface area contributed by atoms with Crippen LogP contribution in [0.25, 0.3) is 18.2 Å². The van der Waals surface area contributed by atoms with E-state index in [1.165, 1.54) is 54.6 Å². The van der Waals surface area contributed by atoms with Crippen LogP contribution >= 0.6 is 0 Å². The molecule has 0 saturated heterocycles. The highest BCUT2D eigenvalue weighted by Crippen LogP contribution is 2.34. The fourth-order valence-electron chi connectivity index (χ4n) is 3.61. The van der Waals surface area contributed by atoms with Crippen molar-refractivity contribution in [2.45, 2.75) is 12.5 Å². The van der Waals surface area contributed by atoms with Gasteiger partial charge in [-0.1, -0.05) is 24.3 Å². The van der Waals surface area contributed by atoms with Crippen LogP contribution in [0.5, 0.6) is 34.5 Å². The Bertz CT molecular complexity index is 1650. The van der Waals surface area contributed by atoms with Crippen LogP contribution in [-0.4, -0.2) is 73.9 Å². The molecule has 0 aromatic heterocycles. The van der Waals surface area contributed by atoms with Crippen molar-refractivity contribution < 1.29 is 57.9 Å². The Morgan fingerprint density at radius 2 is 1.45 bits per heavy atom. The molecule has 0 saturated carbocycles. The van der Waals surface area contributed by atoms with E-state index in [-0.39, 0.29) is 34.6 Å². The van der Waals surface area contributed by atoms with Crippen molar-refractivity contribution >= 4 is 40.2 Å². The van der Waals surface area contributed by atoms with Gasteiger partial charge in [0.25, 0.3) is 16.0 Å². The largest absolute Gasteiger partial charge is 0.504 e. The summed E-state index contributed by atoms with van der Waals surface area (Å²) in [7, 11) is -4.38. The van der Waals surface area contributed by atoms with Crippen LogP contribution in [-0.2, 0) is 30.9 Å². The number of ether oxygens (including phenoxy) is 1. The number of phenols is 6. The standard InChI is InChI=1S/C28H27NO12S/c30-20-7-2-16(13-23(20)33)1-6-19-18(4-9-22(32)27(19)36)5-10-26(35)41-25(28(37)29-11-12-42(38,39)40)15-17-3-8-21(31)24(34)14-17/h1-10,13-14,25,30-34,36H,11-12,15H2,(H,29,37)(H,38,39,40)/b6-1+,10-5+/t25-/m1/s1. The molecule has 3 aromatic rings. The Morgan fingerprint density at radius 3 is 2.10 bits per heavy atom. The fraction of sp³-hybridized carbons (Fsp3) is 0.143. The molecule has 3 aromatic carbocycles. The van der Waals surface area contributed by atoms with Gasteiger partial charge >= 0.3 is 5.97 Å². The van der Waals surface area contributed by atoms with Gasteiger partial charge in [-0.15, -0.1) is 0 Å².